The van der Waals surface area contributed by atoms with Gasteiger partial charge in [-0.25, -0.2) is 0 Å². The van der Waals surface area contributed by atoms with Crippen molar-refractivity contribution in [3.8, 4) is 0 Å². The molecule has 1 N–H and O–H groups in total. The van der Waals surface area contributed by atoms with Crippen molar-refractivity contribution in [3.05, 3.63) is 34.9 Å². The molecular formula is C15H20ClNO. The zero-order valence-corrected chi connectivity index (χ0v) is 11.6. The minimum Gasteiger partial charge on any atom is -0.355 e. The van der Waals surface area contributed by atoms with Crippen LogP contribution in [0, 0.1) is 0 Å². The normalized spacial score (nSPS) is 17.0. The third-order valence-electron chi connectivity index (χ3n) is 3.83. The first-order valence-electron chi connectivity index (χ1n) is 6.73. The van der Waals surface area contributed by atoms with Crippen molar-refractivity contribution in [2.45, 2.75) is 44.4 Å². The highest BCUT2D eigenvalue weighted by atomic mass is 35.5. The average Bonchev–Trinajstić information content (AvgIpc) is 2.28. The Morgan fingerprint density at radius 1 is 1.44 bits per heavy atom. The Kier molecular flexibility index (Phi) is 4.28. The molecule has 3 heteroatoms. The first-order valence-corrected chi connectivity index (χ1v) is 7.11. The molecule has 1 aromatic carbocycles. The zero-order chi connectivity index (χ0) is 13.0. The molecule has 0 spiro atoms. The standard InChI is InChI=1S/C15H20ClNO/c1-2-3-10-17-14(18)15(8-5-9-15)12-6-4-7-13(16)11-12/h4,6-7,11H,2-3,5,8-10H2,1H3,(H,17,18). The van der Waals surface area contributed by atoms with E-state index in [9.17, 15) is 4.79 Å². The van der Waals surface area contributed by atoms with E-state index in [0.29, 0.717) is 5.02 Å². The van der Waals surface area contributed by atoms with Gasteiger partial charge in [-0.2, -0.15) is 0 Å². The molecule has 1 aliphatic rings. The summed E-state index contributed by atoms with van der Waals surface area (Å²) in [6, 6.07) is 7.73. The van der Waals surface area contributed by atoms with Gasteiger partial charge in [0.25, 0.3) is 0 Å². The third kappa shape index (κ3) is 2.54. The van der Waals surface area contributed by atoms with Crippen molar-refractivity contribution < 1.29 is 4.79 Å². The maximum atomic E-state index is 12.4. The van der Waals surface area contributed by atoms with Crippen molar-refractivity contribution in [1.29, 1.82) is 0 Å². The number of halogens is 1. The maximum absolute atomic E-state index is 12.4. The summed E-state index contributed by atoms with van der Waals surface area (Å²) < 4.78 is 0. The topological polar surface area (TPSA) is 29.1 Å². The maximum Gasteiger partial charge on any atom is 0.230 e. The molecule has 1 saturated carbocycles. The first-order chi connectivity index (χ1) is 8.69. The molecule has 98 valence electrons. The predicted octanol–water partition coefficient (Wildman–Crippen LogP) is 3.68. The monoisotopic (exact) mass is 265 g/mol. The van der Waals surface area contributed by atoms with Gasteiger partial charge in [-0.1, -0.05) is 43.5 Å². The number of carbonyl (C=O) groups is 1. The van der Waals surface area contributed by atoms with Gasteiger partial charge in [0, 0.05) is 11.6 Å². The number of hydrogen-bond donors (Lipinski definition) is 1. The van der Waals surface area contributed by atoms with E-state index in [1.807, 2.05) is 24.3 Å². The molecule has 0 saturated heterocycles. The number of rotatable bonds is 5. The smallest absolute Gasteiger partial charge is 0.230 e. The molecule has 2 rings (SSSR count). The Balaban J connectivity index is 2.13. The van der Waals surface area contributed by atoms with E-state index in [2.05, 4.69) is 12.2 Å². The van der Waals surface area contributed by atoms with Crippen LogP contribution >= 0.6 is 11.6 Å². The molecule has 0 heterocycles. The van der Waals surface area contributed by atoms with E-state index >= 15 is 0 Å². The number of carbonyl (C=O) groups excluding carboxylic acids is 1. The molecule has 2 nitrogen and oxygen atoms in total. The fraction of sp³-hybridized carbons (Fsp3) is 0.533. The highest BCUT2D eigenvalue weighted by Crippen LogP contribution is 2.44. The van der Waals surface area contributed by atoms with E-state index in [1.54, 1.807) is 0 Å². The summed E-state index contributed by atoms with van der Waals surface area (Å²) >= 11 is 6.03. The van der Waals surface area contributed by atoms with Crippen molar-refractivity contribution in [3.63, 3.8) is 0 Å². The van der Waals surface area contributed by atoms with E-state index in [4.69, 9.17) is 11.6 Å². The quantitative estimate of drug-likeness (QED) is 0.809. The molecule has 18 heavy (non-hydrogen) atoms. The number of hydrogen-bond acceptors (Lipinski definition) is 1. The van der Waals surface area contributed by atoms with Crippen LogP contribution in [0.4, 0.5) is 0 Å². The number of benzene rings is 1. The first kappa shape index (κ1) is 13.4. The Morgan fingerprint density at radius 3 is 2.78 bits per heavy atom. The van der Waals surface area contributed by atoms with Crippen molar-refractivity contribution >= 4 is 17.5 Å². The van der Waals surface area contributed by atoms with Crippen molar-refractivity contribution in [1.82, 2.24) is 5.32 Å². The fourth-order valence-corrected chi connectivity index (χ4v) is 2.70. The molecule has 0 atom stereocenters. The van der Waals surface area contributed by atoms with Crippen LogP contribution in [-0.2, 0) is 10.2 Å². The van der Waals surface area contributed by atoms with Gasteiger partial charge in [0.05, 0.1) is 5.41 Å². The van der Waals surface area contributed by atoms with Gasteiger partial charge in [-0.3, -0.25) is 4.79 Å². The highest BCUT2D eigenvalue weighted by molar-refractivity contribution is 6.30. The van der Waals surface area contributed by atoms with Gasteiger partial charge in [-0.15, -0.1) is 0 Å². The summed E-state index contributed by atoms with van der Waals surface area (Å²) in [4.78, 5) is 12.4. The minimum atomic E-state index is -0.321. The second kappa shape index (κ2) is 5.75. The van der Waals surface area contributed by atoms with Gasteiger partial charge in [0.15, 0.2) is 0 Å². The number of nitrogens with one attached hydrogen (secondary N) is 1. The lowest BCUT2D eigenvalue weighted by Gasteiger charge is -2.40. The van der Waals surface area contributed by atoms with E-state index in [0.717, 1.165) is 44.2 Å². The molecule has 1 aromatic rings. The Labute approximate surface area is 114 Å². The van der Waals surface area contributed by atoms with E-state index in [1.165, 1.54) is 0 Å². The van der Waals surface area contributed by atoms with E-state index in [-0.39, 0.29) is 11.3 Å². The molecule has 0 unspecified atom stereocenters. The molecular weight excluding hydrogens is 246 g/mol. The molecule has 0 aliphatic heterocycles. The summed E-state index contributed by atoms with van der Waals surface area (Å²) in [6.45, 7) is 2.90. The molecule has 1 fully saturated rings. The molecule has 1 aliphatic carbocycles. The third-order valence-corrected chi connectivity index (χ3v) is 4.07. The van der Waals surface area contributed by atoms with Crippen molar-refractivity contribution in [2.75, 3.05) is 6.54 Å². The van der Waals surface area contributed by atoms with Crippen LogP contribution in [0.5, 0.6) is 0 Å². The summed E-state index contributed by atoms with van der Waals surface area (Å²) in [6.07, 6.45) is 5.13. The van der Waals surface area contributed by atoms with Crippen LogP contribution in [0.3, 0.4) is 0 Å². The van der Waals surface area contributed by atoms with Gasteiger partial charge < -0.3 is 5.32 Å². The zero-order valence-electron chi connectivity index (χ0n) is 10.8. The lowest BCUT2D eigenvalue weighted by Crippen LogP contribution is -2.49. The van der Waals surface area contributed by atoms with Gasteiger partial charge in [0.1, 0.15) is 0 Å². The van der Waals surface area contributed by atoms with E-state index < -0.39 is 0 Å². The Morgan fingerprint density at radius 2 is 2.22 bits per heavy atom. The van der Waals surface area contributed by atoms with Gasteiger partial charge in [-0.05, 0) is 37.0 Å². The molecule has 0 bridgehead atoms. The second-order valence-corrected chi connectivity index (χ2v) is 5.49. The van der Waals surface area contributed by atoms with Crippen LogP contribution < -0.4 is 5.32 Å². The lowest BCUT2D eigenvalue weighted by atomic mass is 9.64. The Bertz CT molecular complexity index is 426. The minimum absolute atomic E-state index is 0.171. The van der Waals surface area contributed by atoms with Crippen LogP contribution in [0.25, 0.3) is 0 Å². The van der Waals surface area contributed by atoms with Gasteiger partial charge in [0.2, 0.25) is 5.91 Å². The predicted molar refractivity (Wildman–Crippen MR) is 74.9 cm³/mol. The molecule has 0 aromatic heterocycles. The molecule has 0 radical (unpaired) electrons. The number of amides is 1. The average molecular weight is 266 g/mol. The van der Waals surface area contributed by atoms with Crippen LogP contribution in [0.15, 0.2) is 24.3 Å². The largest absolute Gasteiger partial charge is 0.355 e. The highest BCUT2D eigenvalue weighted by Gasteiger charge is 2.45. The molecule has 1 amide bonds. The Hall–Kier alpha value is -1.02. The van der Waals surface area contributed by atoms with Crippen LogP contribution in [0.2, 0.25) is 5.02 Å². The second-order valence-electron chi connectivity index (χ2n) is 5.06. The summed E-state index contributed by atoms with van der Waals surface area (Å²) in [5.41, 5.74) is 0.744. The van der Waals surface area contributed by atoms with Crippen LogP contribution in [0.1, 0.15) is 44.6 Å². The summed E-state index contributed by atoms with van der Waals surface area (Å²) in [5.74, 6) is 0.171. The summed E-state index contributed by atoms with van der Waals surface area (Å²) in [5, 5.41) is 3.77. The SMILES string of the molecule is CCCCNC(=O)C1(c2cccc(Cl)c2)CCC1. The van der Waals surface area contributed by atoms with Crippen LogP contribution in [-0.4, -0.2) is 12.5 Å². The van der Waals surface area contributed by atoms with Gasteiger partial charge >= 0.3 is 0 Å². The summed E-state index contributed by atoms with van der Waals surface area (Å²) in [7, 11) is 0. The fourth-order valence-electron chi connectivity index (χ4n) is 2.51. The lowest BCUT2D eigenvalue weighted by molar-refractivity contribution is -0.129. The van der Waals surface area contributed by atoms with Crippen molar-refractivity contribution in [2.24, 2.45) is 0 Å². The number of unbranched alkanes of at least 4 members (excludes halogenated alkanes) is 1.